The van der Waals surface area contributed by atoms with Crippen LogP contribution in [0.25, 0.3) is 21.3 Å². The molecule has 22 heavy (non-hydrogen) atoms. The summed E-state index contributed by atoms with van der Waals surface area (Å²) in [6, 6.07) is 7.61. The third-order valence-corrected chi connectivity index (χ3v) is 4.36. The van der Waals surface area contributed by atoms with Crippen LogP contribution < -0.4 is 10.6 Å². The third-order valence-electron chi connectivity index (χ3n) is 3.22. The lowest BCUT2D eigenvalue weighted by atomic mass is 10.1. The van der Waals surface area contributed by atoms with Crippen molar-refractivity contribution in [1.29, 1.82) is 0 Å². The fourth-order valence-electron chi connectivity index (χ4n) is 2.10. The molecule has 0 spiro atoms. The monoisotopic (exact) mass is 332 g/mol. The van der Waals surface area contributed by atoms with Crippen LogP contribution in [-0.2, 0) is 4.79 Å². The molecule has 5 nitrogen and oxygen atoms in total. The molecule has 2 heterocycles. The van der Waals surface area contributed by atoms with Gasteiger partial charge < -0.3 is 10.6 Å². The molecule has 7 heteroatoms. The number of thiophene rings is 1. The number of nitrogens with one attached hydrogen (secondary N) is 2. The van der Waals surface area contributed by atoms with Gasteiger partial charge in [-0.3, -0.25) is 4.79 Å². The Labute approximate surface area is 136 Å². The average Bonchev–Trinajstić information content (AvgIpc) is 2.98. The van der Waals surface area contributed by atoms with Gasteiger partial charge in [0.05, 0.1) is 11.9 Å². The Kier molecular flexibility index (Phi) is 4.22. The summed E-state index contributed by atoms with van der Waals surface area (Å²) in [5.41, 5.74) is 2.06. The number of anilines is 1. The molecule has 0 saturated heterocycles. The van der Waals surface area contributed by atoms with Crippen molar-refractivity contribution in [1.82, 2.24) is 15.3 Å². The minimum absolute atomic E-state index is 0.102. The normalized spacial score (nSPS) is 10.6. The van der Waals surface area contributed by atoms with Crippen molar-refractivity contribution in [2.75, 3.05) is 18.9 Å². The molecular formula is C15H13ClN4OS. The molecule has 2 aromatic heterocycles. The van der Waals surface area contributed by atoms with E-state index in [2.05, 4.69) is 20.6 Å². The molecule has 0 fully saturated rings. The Hall–Kier alpha value is -2.18. The predicted molar refractivity (Wildman–Crippen MR) is 90.4 cm³/mol. The second-order valence-electron chi connectivity index (χ2n) is 4.59. The number of halogens is 1. The Morgan fingerprint density at radius 3 is 2.77 bits per heavy atom. The third kappa shape index (κ3) is 2.88. The minimum atomic E-state index is -0.102. The van der Waals surface area contributed by atoms with Crippen LogP contribution in [0, 0.1) is 0 Å². The maximum absolute atomic E-state index is 11.4. The van der Waals surface area contributed by atoms with Gasteiger partial charge in [0.1, 0.15) is 17.0 Å². The minimum Gasteiger partial charge on any atom is -0.360 e. The van der Waals surface area contributed by atoms with Crippen molar-refractivity contribution < 1.29 is 4.79 Å². The summed E-state index contributed by atoms with van der Waals surface area (Å²) in [6.45, 7) is 0.165. The second kappa shape index (κ2) is 6.29. The van der Waals surface area contributed by atoms with Gasteiger partial charge in [0.2, 0.25) is 5.91 Å². The highest BCUT2D eigenvalue weighted by molar-refractivity contribution is 7.17. The lowest BCUT2D eigenvalue weighted by Gasteiger charge is -2.07. The van der Waals surface area contributed by atoms with Gasteiger partial charge in [-0.1, -0.05) is 23.7 Å². The lowest BCUT2D eigenvalue weighted by Crippen LogP contribution is -2.26. The van der Waals surface area contributed by atoms with E-state index in [1.54, 1.807) is 18.4 Å². The SMILES string of the molecule is CNC(=O)CNc1ncnc2scc(-c3ccc(Cl)cc3)c12. The quantitative estimate of drug-likeness (QED) is 0.770. The number of carbonyl (C=O) groups is 1. The molecule has 1 aromatic carbocycles. The standard InChI is InChI=1S/C15H13ClN4OS/c1-17-12(21)6-18-14-13-11(7-22-15(13)20-8-19-14)9-2-4-10(16)5-3-9/h2-5,7-8H,6H2,1H3,(H,17,21)(H,18,19,20). The van der Waals surface area contributed by atoms with Crippen LogP contribution in [0.4, 0.5) is 5.82 Å². The van der Waals surface area contributed by atoms with Gasteiger partial charge in [0.25, 0.3) is 0 Å². The van der Waals surface area contributed by atoms with E-state index >= 15 is 0 Å². The second-order valence-corrected chi connectivity index (χ2v) is 5.88. The summed E-state index contributed by atoms with van der Waals surface area (Å²) in [7, 11) is 1.60. The van der Waals surface area contributed by atoms with Crippen molar-refractivity contribution in [2.24, 2.45) is 0 Å². The number of hydrogen-bond acceptors (Lipinski definition) is 5. The van der Waals surface area contributed by atoms with Crippen LogP contribution >= 0.6 is 22.9 Å². The topological polar surface area (TPSA) is 66.9 Å². The maximum Gasteiger partial charge on any atom is 0.239 e. The van der Waals surface area contributed by atoms with Gasteiger partial charge in [0, 0.05) is 23.0 Å². The van der Waals surface area contributed by atoms with Gasteiger partial charge in [-0.25, -0.2) is 9.97 Å². The van der Waals surface area contributed by atoms with E-state index in [0.29, 0.717) is 10.8 Å². The zero-order valence-electron chi connectivity index (χ0n) is 11.8. The van der Waals surface area contributed by atoms with E-state index < -0.39 is 0 Å². The molecule has 0 radical (unpaired) electrons. The molecular weight excluding hydrogens is 320 g/mol. The van der Waals surface area contributed by atoms with E-state index in [1.807, 2.05) is 29.6 Å². The van der Waals surface area contributed by atoms with Crippen LogP contribution in [0.15, 0.2) is 36.0 Å². The number of benzene rings is 1. The number of amides is 1. The Morgan fingerprint density at radius 2 is 2.05 bits per heavy atom. The first kappa shape index (κ1) is 14.7. The zero-order chi connectivity index (χ0) is 15.5. The van der Waals surface area contributed by atoms with E-state index in [4.69, 9.17) is 11.6 Å². The molecule has 112 valence electrons. The molecule has 0 aliphatic rings. The van der Waals surface area contributed by atoms with Gasteiger partial charge in [-0.05, 0) is 17.7 Å². The smallest absolute Gasteiger partial charge is 0.239 e. The number of rotatable bonds is 4. The van der Waals surface area contributed by atoms with Crippen LogP contribution in [-0.4, -0.2) is 29.5 Å². The van der Waals surface area contributed by atoms with Crippen molar-refractivity contribution in [3.05, 3.63) is 41.0 Å². The number of fused-ring (bicyclic) bond motifs is 1. The van der Waals surface area contributed by atoms with Gasteiger partial charge in [0.15, 0.2) is 0 Å². The van der Waals surface area contributed by atoms with Gasteiger partial charge >= 0.3 is 0 Å². The molecule has 0 aliphatic heterocycles. The highest BCUT2D eigenvalue weighted by Gasteiger charge is 2.13. The highest BCUT2D eigenvalue weighted by atomic mass is 35.5. The lowest BCUT2D eigenvalue weighted by molar-refractivity contribution is -0.118. The van der Waals surface area contributed by atoms with E-state index in [1.165, 1.54) is 6.33 Å². The molecule has 0 unspecified atom stereocenters. The Bertz CT molecular complexity index is 816. The summed E-state index contributed by atoms with van der Waals surface area (Å²) in [5, 5.41) is 9.28. The molecule has 3 rings (SSSR count). The Morgan fingerprint density at radius 1 is 1.27 bits per heavy atom. The van der Waals surface area contributed by atoms with Crippen LogP contribution in [0.2, 0.25) is 5.02 Å². The van der Waals surface area contributed by atoms with E-state index in [0.717, 1.165) is 21.3 Å². The summed E-state index contributed by atoms with van der Waals surface area (Å²) < 4.78 is 0. The van der Waals surface area contributed by atoms with Crippen molar-refractivity contribution in [3.63, 3.8) is 0 Å². The van der Waals surface area contributed by atoms with Crippen molar-refractivity contribution in [3.8, 4) is 11.1 Å². The molecule has 2 N–H and O–H groups in total. The van der Waals surface area contributed by atoms with Gasteiger partial charge in [-0.2, -0.15) is 0 Å². The molecule has 0 saturated carbocycles. The number of aromatic nitrogens is 2. The van der Waals surface area contributed by atoms with E-state index in [-0.39, 0.29) is 12.5 Å². The largest absolute Gasteiger partial charge is 0.360 e. The Balaban J connectivity index is 2.04. The number of hydrogen-bond donors (Lipinski definition) is 2. The molecule has 0 bridgehead atoms. The number of likely N-dealkylation sites (N-methyl/N-ethyl adjacent to an activating group) is 1. The summed E-state index contributed by atoms with van der Waals surface area (Å²) in [5.74, 6) is 0.551. The summed E-state index contributed by atoms with van der Waals surface area (Å²) in [6.07, 6.45) is 1.50. The fourth-order valence-corrected chi connectivity index (χ4v) is 3.15. The van der Waals surface area contributed by atoms with E-state index in [9.17, 15) is 4.79 Å². The van der Waals surface area contributed by atoms with Crippen LogP contribution in [0.1, 0.15) is 0 Å². The average molecular weight is 333 g/mol. The molecule has 0 atom stereocenters. The molecule has 0 aliphatic carbocycles. The number of carbonyl (C=O) groups excluding carboxylic acids is 1. The van der Waals surface area contributed by atoms with Crippen LogP contribution in [0.3, 0.4) is 0 Å². The zero-order valence-corrected chi connectivity index (χ0v) is 13.3. The first-order valence-electron chi connectivity index (χ1n) is 6.61. The first-order valence-corrected chi connectivity index (χ1v) is 7.87. The summed E-state index contributed by atoms with van der Waals surface area (Å²) in [4.78, 5) is 20.9. The van der Waals surface area contributed by atoms with Crippen molar-refractivity contribution in [2.45, 2.75) is 0 Å². The molecule has 1 amide bonds. The first-order chi connectivity index (χ1) is 10.7. The van der Waals surface area contributed by atoms with Crippen LogP contribution in [0.5, 0.6) is 0 Å². The predicted octanol–water partition coefficient (Wildman–Crippen LogP) is 3.17. The molecule has 3 aromatic rings. The highest BCUT2D eigenvalue weighted by Crippen LogP contribution is 2.36. The van der Waals surface area contributed by atoms with Crippen molar-refractivity contribution >= 4 is 44.9 Å². The fraction of sp³-hybridized carbons (Fsp3) is 0.133. The summed E-state index contributed by atoms with van der Waals surface area (Å²) >= 11 is 7.49. The number of nitrogens with zero attached hydrogens (tertiary/aromatic N) is 2. The maximum atomic E-state index is 11.4. The van der Waals surface area contributed by atoms with Gasteiger partial charge in [-0.15, -0.1) is 11.3 Å².